The number of aryl methyl sites for hydroxylation is 1. The Kier molecular flexibility index (Phi) is 2.65. The van der Waals surface area contributed by atoms with Gasteiger partial charge in [-0.3, -0.25) is 0 Å². The summed E-state index contributed by atoms with van der Waals surface area (Å²) in [5.74, 6) is 1.73. The zero-order valence-corrected chi connectivity index (χ0v) is 10.7. The van der Waals surface area contributed by atoms with Crippen molar-refractivity contribution in [3.63, 3.8) is 0 Å². The number of nitrogens with one attached hydrogen (secondary N) is 1. The Hall–Kier alpha value is -0.970. The Morgan fingerprint density at radius 1 is 1.35 bits per heavy atom. The van der Waals surface area contributed by atoms with Gasteiger partial charge in [0.15, 0.2) is 5.82 Å². The van der Waals surface area contributed by atoms with Crippen LogP contribution in [-0.2, 0) is 13.5 Å². The maximum Gasteiger partial charge on any atom is 0.175 e. The van der Waals surface area contributed by atoms with Crippen molar-refractivity contribution in [2.24, 2.45) is 18.4 Å². The summed E-state index contributed by atoms with van der Waals surface area (Å²) in [5, 5.41) is 16.0. The highest BCUT2D eigenvalue weighted by atomic mass is 15.6. The van der Waals surface area contributed by atoms with E-state index in [4.69, 9.17) is 0 Å². The van der Waals surface area contributed by atoms with Gasteiger partial charge in [-0.15, -0.1) is 10.2 Å². The van der Waals surface area contributed by atoms with Crippen LogP contribution in [0.2, 0.25) is 0 Å². The molecule has 2 aliphatic carbocycles. The van der Waals surface area contributed by atoms with Crippen LogP contribution in [0, 0.1) is 11.3 Å². The summed E-state index contributed by atoms with van der Waals surface area (Å²) in [6, 6.07) is 0.780. The molecule has 0 aromatic carbocycles. The van der Waals surface area contributed by atoms with Crippen LogP contribution in [0.5, 0.6) is 0 Å². The lowest BCUT2D eigenvalue weighted by atomic mass is 9.81. The molecule has 1 heterocycles. The number of rotatable bonds is 6. The second kappa shape index (κ2) is 4.05. The Morgan fingerprint density at radius 2 is 2.12 bits per heavy atom. The number of hydrogen-bond donors (Lipinski definition) is 1. The molecule has 94 valence electrons. The molecule has 2 saturated carbocycles. The standard InChI is InChI=1S/C12H21N5/c1-12(9-3-4-9,8-13-10-5-6-10)7-11-14-16-17(2)15-11/h9-10,13H,3-8H2,1-2H3. The summed E-state index contributed by atoms with van der Waals surface area (Å²) in [6.07, 6.45) is 6.38. The highest BCUT2D eigenvalue weighted by molar-refractivity contribution is 4.99. The van der Waals surface area contributed by atoms with Gasteiger partial charge in [0.1, 0.15) is 0 Å². The number of hydrogen-bond acceptors (Lipinski definition) is 4. The monoisotopic (exact) mass is 235 g/mol. The molecule has 0 bridgehead atoms. The molecule has 2 aliphatic rings. The third-order valence-electron chi connectivity index (χ3n) is 4.05. The molecule has 17 heavy (non-hydrogen) atoms. The molecule has 5 heteroatoms. The first-order valence-electron chi connectivity index (χ1n) is 6.62. The van der Waals surface area contributed by atoms with Crippen LogP contribution in [0.1, 0.15) is 38.4 Å². The lowest BCUT2D eigenvalue weighted by Crippen LogP contribution is -2.37. The minimum Gasteiger partial charge on any atom is -0.313 e. The lowest BCUT2D eigenvalue weighted by molar-refractivity contribution is 0.249. The zero-order valence-electron chi connectivity index (χ0n) is 10.7. The topological polar surface area (TPSA) is 55.6 Å². The van der Waals surface area contributed by atoms with E-state index in [1.54, 1.807) is 4.80 Å². The first kappa shape index (κ1) is 11.1. The van der Waals surface area contributed by atoms with Crippen molar-refractivity contribution in [3.05, 3.63) is 5.82 Å². The van der Waals surface area contributed by atoms with Gasteiger partial charge in [0, 0.05) is 19.0 Å². The van der Waals surface area contributed by atoms with Gasteiger partial charge in [-0.2, -0.15) is 4.80 Å². The largest absolute Gasteiger partial charge is 0.313 e. The first-order valence-corrected chi connectivity index (χ1v) is 6.62. The Bertz CT molecular complexity index is 393. The molecule has 1 aromatic heterocycles. The first-order chi connectivity index (χ1) is 8.16. The molecule has 5 nitrogen and oxygen atoms in total. The van der Waals surface area contributed by atoms with E-state index in [-0.39, 0.29) is 0 Å². The molecule has 1 unspecified atom stereocenters. The molecule has 3 rings (SSSR count). The van der Waals surface area contributed by atoms with Gasteiger partial charge in [0.2, 0.25) is 0 Å². The number of nitrogens with zero attached hydrogens (tertiary/aromatic N) is 4. The van der Waals surface area contributed by atoms with Crippen molar-refractivity contribution in [1.82, 2.24) is 25.5 Å². The maximum absolute atomic E-state index is 4.32. The highest BCUT2D eigenvalue weighted by Crippen LogP contribution is 2.47. The van der Waals surface area contributed by atoms with Gasteiger partial charge >= 0.3 is 0 Å². The van der Waals surface area contributed by atoms with E-state index < -0.39 is 0 Å². The van der Waals surface area contributed by atoms with E-state index in [9.17, 15) is 0 Å². The smallest absolute Gasteiger partial charge is 0.175 e. The van der Waals surface area contributed by atoms with Gasteiger partial charge in [0.05, 0.1) is 7.05 Å². The second-order valence-electron chi connectivity index (χ2n) is 5.96. The minimum atomic E-state index is 0.311. The van der Waals surface area contributed by atoms with Gasteiger partial charge in [-0.25, -0.2) is 0 Å². The summed E-state index contributed by atoms with van der Waals surface area (Å²) >= 11 is 0. The Balaban J connectivity index is 1.65. The van der Waals surface area contributed by atoms with Crippen molar-refractivity contribution >= 4 is 0 Å². The summed E-state index contributed by atoms with van der Waals surface area (Å²) in [6.45, 7) is 3.47. The van der Waals surface area contributed by atoms with Gasteiger partial charge < -0.3 is 5.32 Å². The van der Waals surface area contributed by atoms with Crippen LogP contribution >= 0.6 is 0 Å². The third-order valence-corrected chi connectivity index (χ3v) is 4.05. The molecular formula is C12H21N5. The van der Waals surface area contributed by atoms with E-state index in [0.29, 0.717) is 5.41 Å². The van der Waals surface area contributed by atoms with Crippen molar-refractivity contribution in [3.8, 4) is 0 Å². The fraction of sp³-hybridized carbons (Fsp3) is 0.917. The van der Waals surface area contributed by atoms with E-state index in [0.717, 1.165) is 30.7 Å². The van der Waals surface area contributed by atoms with Crippen LogP contribution in [-0.4, -0.2) is 32.8 Å². The quantitative estimate of drug-likeness (QED) is 0.796. The molecule has 0 spiro atoms. The molecule has 0 amide bonds. The van der Waals surface area contributed by atoms with Gasteiger partial charge in [-0.1, -0.05) is 6.92 Å². The molecule has 2 fully saturated rings. The summed E-state index contributed by atoms with van der Waals surface area (Å²) < 4.78 is 0. The van der Waals surface area contributed by atoms with E-state index >= 15 is 0 Å². The van der Waals surface area contributed by atoms with Crippen LogP contribution in [0.4, 0.5) is 0 Å². The fourth-order valence-electron chi connectivity index (χ4n) is 2.55. The van der Waals surface area contributed by atoms with E-state index in [2.05, 4.69) is 27.7 Å². The van der Waals surface area contributed by atoms with Crippen LogP contribution in [0.25, 0.3) is 0 Å². The predicted octanol–water partition coefficient (Wildman–Crippen LogP) is 0.921. The summed E-state index contributed by atoms with van der Waals surface area (Å²) in [5.41, 5.74) is 0.311. The molecule has 0 aliphatic heterocycles. The van der Waals surface area contributed by atoms with Crippen molar-refractivity contribution in [1.29, 1.82) is 0 Å². The number of tetrazole rings is 1. The average Bonchev–Trinajstić information content (AvgIpc) is 3.16. The Morgan fingerprint density at radius 3 is 2.65 bits per heavy atom. The molecule has 0 radical (unpaired) electrons. The van der Waals surface area contributed by atoms with Crippen molar-refractivity contribution in [2.45, 2.75) is 45.1 Å². The van der Waals surface area contributed by atoms with Crippen LogP contribution in [0.3, 0.4) is 0 Å². The third kappa shape index (κ3) is 2.65. The van der Waals surface area contributed by atoms with E-state index in [1.165, 1.54) is 25.7 Å². The van der Waals surface area contributed by atoms with Crippen molar-refractivity contribution in [2.75, 3.05) is 6.54 Å². The predicted molar refractivity (Wildman–Crippen MR) is 64.4 cm³/mol. The highest BCUT2D eigenvalue weighted by Gasteiger charge is 2.42. The maximum atomic E-state index is 4.32. The van der Waals surface area contributed by atoms with Crippen LogP contribution in [0.15, 0.2) is 0 Å². The van der Waals surface area contributed by atoms with Crippen molar-refractivity contribution < 1.29 is 0 Å². The van der Waals surface area contributed by atoms with E-state index in [1.807, 2.05) is 7.05 Å². The SMILES string of the molecule is Cn1nnc(CC(C)(CNC2CC2)C2CC2)n1. The van der Waals surface area contributed by atoms with Gasteiger partial charge in [-0.05, 0) is 42.2 Å². The van der Waals surface area contributed by atoms with Crippen LogP contribution < -0.4 is 5.32 Å². The Labute approximate surface area is 102 Å². The lowest BCUT2D eigenvalue weighted by Gasteiger charge is -2.29. The normalized spacial score (nSPS) is 23.6. The fourth-order valence-corrected chi connectivity index (χ4v) is 2.55. The average molecular weight is 235 g/mol. The minimum absolute atomic E-state index is 0.311. The summed E-state index contributed by atoms with van der Waals surface area (Å²) in [4.78, 5) is 1.55. The number of aromatic nitrogens is 4. The summed E-state index contributed by atoms with van der Waals surface area (Å²) in [7, 11) is 1.83. The molecule has 0 saturated heterocycles. The molecular weight excluding hydrogens is 214 g/mol. The molecule has 1 aromatic rings. The molecule has 1 atom stereocenters. The second-order valence-corrected chi connectivity index (χ2v) is 5.96. The molecule has 1 N–H and O–H groups in total. The zero-order chi connectivity index (χ0) is 11.9. The van der Waals surface area contributed by atoms with Gasteiger partial charge in [0.25, 0.3) is 0 Å².